The summed E-state index contributed by atoms with van der Waals surface area (Å²) in [4.78, 5) is 27.5. The van der Waals surface area contributed by atoms with E-state index in [1.54, 1.807) is 31.2 Å². The maximum absolute atomic E-state index is 11.7. The molecule has 1 aliphatic rings. The summed E-state index contributed by atoms with van der Waals surface area (Å²) in [7, 11) is 1.34. The number of carbonyl (C=O) groups is 2. The van der Waals surface area contributed by atoms with Crippen molar-refractivity contribution in [1.29, 1.82) is 0 Å². The van der Waals surface area contributed by atoms with E-state index in [2.05, 4.69) is 9.73 Å². The standard InChI is InChI=1S/C18H21NO5/c1-5-23-18(21)13-8-6-12(7-9-13)16-17(24-11(2)3)14(19-16)10-15(20)22-4/h6-9,11H,5,10H2,1-4H3. The fourth-order valence-electron chi connectivity index (χ4n) is 2.18. The molecule has 128 valence electrons. The Morgan fingerprint density at radius 3 is 2.38 bits per heavy atom. The first-order chi connectivity index (χ1) is 11.5. The first-order valence-corrected chi connectivity index (χ1v) is 7.79. The lowest BCUT2D eigenvalue weighted by Crippen LogP contribution is -2.23. The monoisotopic (exact) mass is 331 g/mol. The van der Waals surface area contributed by atoms with Crippen molar-refractivity contribution >= 4 is 23.3 Å². The average molecular weight is 331 g/mol. The van der Waals surface area contributed by atoms with Gasteiger partial charge in [0.05, 0.1) is 37.5 Å². The third-order valence-electron chi connectivity index (χ3n) is 3.29. The molecule has 24 heavy (non-hydrogen) atoms. The number of nitrogens with zero attached hydrogens (tertiary/aromatic N) is 1. The largest absolute Gasteiger partial charge is 0.487 e. The number of aliphatic imine (C=N–C) groups is 1. The highest BCUT2D eigenvalue weighted by molar-refractivity contribution is 6.19. The van der Waals surface area contributed by atoms with Crippen LogP contribution in [-0.2, 0) is 19.0 Å². The fraction of sp³-hybridized carbons (Fsp3) is 0.389. The van der Waals surface area contributed by atoms with Crippen LogP contribution in [-0.4, -0.2) is 37.5 Å². The molecule has 0 aliphatic carbocycles. The Morgan fingerprint density at radius 1 is 1.17 bits per heavy atom. The lowest BCUT2D eigenvalue weighted by molar-refractivity contribution is -0.139. The molecule has 0 radical (unpaired) electrons. The predicted octanol–water partition coefficient (Wildman–Crippen LogP) is 2.97. The van der Waals surface area contributed by atoms with Crippen LogP contribution in [0.15, 0.2) is 35.0 Å². The lowest BCUT2D eigenvalue weighted by atomic mass is 10.0. The lowest BCUT2D eigenvalue weighted by Gasteiger charge is -2.24. The van der Waals surface area contributed by atoms with E-state index in [0.717, 1.165) is 5.56 Å². The molecule has 1 aromatic carbocycles. The highest BCUT2D eigenvalue weighted by Gasteiger charge is 2.28. The SMILES string of the molecule is CCOC(=O)c1ccc(C2=C(OC(C)C)C(CC(=O)OC)=N2)cc1. The maximum atomic E-state index is 11.7. The number of rotatable bonds is 7. The molecule has 2 rings (SSSR count). The highest BCUT2D eigenvalue weighted by Crippen LogP contribution is 2.32. The van der Waals surface area contributed by atoms with Crippen molar-refractivity contribution in [2.24, 2.45) is 4.99 Å². The zero-order valence-electron chi connectivity index (χ0n) is 14.3. The van der Waals surface area contributed by atoms with Gasteiger partial charge in [0.25, 0.3) is 0 Å². The Labute approximate surface area is 141 Å². The van der Waals surface area contributed by atoms with E-state index in [9.17, 15) is 9.59 Å². The Bertz CT molecular complexity index is 686. The molecule has 0 aromatic heterocycles. The summed E-state index contributed by atoms with van der Waals surface area (Å²) in [6.45, 7) is 5.91. The molecule has 1 aromatic rings. The molecule has 0 N–H and O–H groups in total. The molecule has 1 aliphatic heterocycles. The van der Waals surface area contributed by atoms with Crippen molar-refractivity contribution < 1.29 is 23.8 Å². The van der Waals surface area contributed by atoms with Gasteiger partial charge in [-0.2, -0.15) is 0 Å². The quantitative estimate of drug-likeness (QED) is 0.718. The molecular weight excluding hydrogens is 310 g/mol. The van der Waals surface area contributed by atoms with Gasteiger partial charge in [0, 0.05) is 5.56 Å². The van der Waals surface area contributed by atoms with Crippen molar-refractivity contribution in [3.05, 3.63) is 41.2 Å². The minimum Gasteiger partial charge on any atom is -0.487 e. The molecule has 1 heterocycles. The molecule has 6 nitrogen and oxygen atoms in total. The van der Waals surface area contributed by atoms with Gasteiger partial charge in [-0.1, -0.05) is 12.1 Å². The molecule has 0 amide bonds. The number of hydrogen-bond acceptors (Lipinski definition) is 6. The topological polar surface area (TPSA) is 74.2 Å². The van der Waals surface area contributed by atoms with Gasteiger partial charge in [-0.3, -0.25) is 4.79 Å². The van der Waals surface area contributed by atoms with Crippen LogP contribution in [0.3, 0.4) is 0 Å². The van der Waals surface area contributed by atoms with Crippen LogP contribution in [0.1, 0.15) is 43.1 Å². The van der Waals surface area contributed by atoms with Crippen LogP contribution >= 0.6 is 0 Å². The maximum Gasteiger partial charge on any atom is 0.338 e. The third-order valence-corrected chi connectivity index (χ3v) is 3.29. The zero-order valence-corrected chi connectivity index (χ0v) is 14.3. The van der Waals surface area contributed by atoms with Gasteiger partial charge < -0.3 is 14.2 Å². The van der Waals surface area contributed by atoms with Gasteiger partial charge in [-0.25, -0.2) is 9.79 Å². The molecule has 0 spiro atoms. The van der Waals surface area contributed by atoms with Gasteiger partial charge in [0.1, 0.15) is 5.70 Å². The Kier molecular flexibility index (Phi) is 5.73. The minimum atomic E-state index is -0.365. The number of carbonyl (C=O) groups excluding carboxylic acids is 2. The van der Waals surface area contributed by atoms with Crippen LogP contribution in [0.5, 0.6) is 0 Å². The average Bonchev–Trinajstić information content (AvgIpc) is 2.56. The second-order valence-corrected chi connectivity index (χ2v) is 5.45. The van der Waals surface area contributed by atoms with E-state index in [4.69, 9.17) is 9.47 Å². The van der Waals surface area contributed by atoms with Crippen molar-refractivity contribution in [3.63, 3.8) is 0 Å². The van der Waals surface area contributed by atoms with Crippen molar-refractivity contribution in [3.8, 4) is 0 Å². The summed E-state index contributed by atoms with van der Waals surface area (Å²) in [6, 6.07) is 6.93. The van der Waals surface area contributed by atoms with Gasteiger partial charge in [0.15, 0.2) is 5.76 Å². The molecule has 0 unspecified atom stereocenters. The smallest absolute Gasteiger partial charge is 0.338 e. The van der Waals surface area contributed by atoms with E-state index in [-0.39, 0.29) is 24.5 Å². The van der Waals surface area contributed by atoms with Crippen LogP contribution in [0.4, 0.5) is 0 Å². The van der Waals surface area contributed by atoms with E-state index in [1.165, 1.54) is 7.11 Å². The molecular formula is C18H21NO5. The van der Waals surface area contributed by atoms with Crippen LogP contribution in [0, 0.1) is 0 Å². The van der Waals surface area contributed by atoms with E-state index >= 15 is 0 Å². The molecule has 0 saturated carbocycles. The Hall–Kier alpha value is -2.63. The van der Waals surface area contributed by atoms with Crippen LogP contribution < -0.4 is 0 Å². The Morgan fingerprint density at radius 2 is 1.83 bits per heavy atom. The van der Waals surface area contributed by atoms with Gasteiger partial charge in [0.2, 0.25) is 0 Å². The normalized spacial score (nSPS) is 13.3. The summed E-state index contributed by atoms with van der Waals surface area (Å²) >= 11 is 0. The van der Waals surface area contributed by atoms with Crippen molar-refractivity contribution in [2.45, 2.75) is 33.3 Å². The summed E-state index contributed by atoms with van der Waals surface area (Å²) in [6.07, 6.45) is 0.0279. The van der Waals surface area contributed by atoms with E-state index < -0.39 is 0 Å². The summed E-state index contributed by atoms with van der Waals surface area (Å²) in [5.41, 5.74) is 2.52. The van der Waals surface area contributed by atoms with Crippen molar-refractivity contribution in [2.75, 3.05) is 13.7 Å². The number of benzene rings is 1. The van der Waals surface area contributed by atoms with Crippen LogP contribution in [0.2, 0.25) is 0 Å². The molecule has 0 saturated heterocycles. The van der Waals surface area contributed by atoms with E-state index in [0.29, 0.717) is 29.3 Å². The number of esters is 2. The molecule has 0 atom stereocenters. The number of allylic oxidation sites excluding steroid dienone is 1. The van der Waals surface area contributed by atoms with Gasteiger partial charge >= 0.3 is 11.9 Å². The Balaban J connectivity index is 2.20. The number of hydrogen-bond donors (Lipinski definition) is 0. The predicted molar refractivity (Wildman–Crippen MR) is 89.6 cm³/mol. The summed E-state index contributed by atoms with van der Waals surface area (Å²) in [5.74, 6) is -0.130. The summed E-state index contributed by atoms with van der Waals surface area (Å²) < 4.78 is 15.4. The zero-order chi connectivity index (χ0) is 17.7. The minimum absolute atomic E-state index is 0.0445. The fourth-order valence-corrected chi connectivity index (χ4v) is 2.18. The second kappa shape index (κ2) is 7.77. The summed E-state index contributed by atoms with van der Waals surface area (Å²) in [5, 5.41) is 0. The van der Waals surface area contributed by atoms with Crippen molar-refractivity contribution in [1.82, 2.24) is 0 Å². The third kappa shape index (κ3) is 4.01. The highest BCUT2D eigenvalue weighted by atomic mass is 16.5. The van der Waals surface area contributed by atoms with E-state index in [1.807, 2.05) is 13.8 Å². The van der Waals surface area contributed by atoms with Crippen LogP contribution in [0.25, 0.3) is 5.70 Å². The first kappa shape index (κ1) is 17.7. The molecule has 0 fully saturated rings. The number of methoxy groups -OCH3 is 1. The van der Waals surface area contributed by atoms with Gasteiger partial charge in [-0.15, -0.1) is 0 Å². The first-order valence-electron chi connectivity index (χ1n) is 7.79. The molecule has 0 bridgehead atoms. The van der Waals surface area contributed by atoms with Gasteiger partial charge in [-0.05, 0) is 32.9 Å². The second-order valence-electron chi connectivity index (χ2n) is 5.45. The number of ether oxygens (including phenoxy) is 3. The molecule has 6 heteroatoms.